The van der Waals surface area contributed by atoms with Crippen LogP contribution in [0, 0.1) is 0 Å². The summed E-state index contributed by atoms with van der Waals surface area (Å²) in [5, 5.41) is 0. The largest absolute Gasteiger partial charge is 0.435 e. The monoisotopic (exact) mass is 175 g/mol. The predicted octanol–water partition coefficient (Wildman–Crippen LogP) is 0.651. The molecule has 0 amide bonds. The van der Waals surface area contributed by atoms with Crippen molar-refractivity contribution in [2.75, 3.05) is 13.2 Å². The minimum atomic E-state index is -0.575. The molecule has 0 saturated heterocycles. The molecular formula is C8H17NO3. The fourth-order valence-electron chi connectivity index (χ4n) is 0.694. The van der Waals surface area contributed by atoms with Gasteiger partial charge in [0, 0.05) is 6.92 Å². The van der Waals surface area contributed by atoms with Crippen molar-refractivity contribution in [3.05, 3.63) is 0 Å². The average Bonchev–Trinajstić information content (AvgIpc) is 2.02. The number of hydrogen-bond acceptors (Lipinski definition) is 4. The van der Waals surface area contributed by atoms with E-state index in [1.165, 1.54) is 6.92 Å². The van der Waals surface area contributed by atoms with E-state index in [1.54, 1.807) is 0 Å². The van der Waals surface area contributed by atoms with Crippen LogP contribution < -0.4 is 5.73 Å². The first-order chi connectivity index (χ1) is 5.70. The molecule has 2 N–H and O–H groups in total. The van der Waals surface area contributed by atoms with Crippen molar-refractivity contribution in [2.24, 2.45) is 5.73 Å². The summed E-state index contributed by atoms with van der Waals surface area (Å²) >= 11 is 0. The van der Waals surface area contributed by atoms with Gasteiger partial charge in [-0.05, 0) is 6.42 Å². The zero-order valence-corrected chi connectivity index (χ0v) is 7.71. The highest BCUT2D eigenvalue weighted by molar-refractivity contribution is 5.66. The Balaban J connectivity index is 3.46. The highest BCUT2D eigenvalue weighted by atomic mass is 16.7. The molecule has 4 heteroatoms. The van der Waals surface area contributed by atoms with E-state index in [2.05, 4.69) is 6.92 Å². The van der Waals surface area contributed by atoms with Crippen molar-refractivity contribution in [1.82, 2.24) is 0 Å². The molecule has 0 aromatic rings. The summed E-state index contributed by atoms with van der Waals surface area (Å²) in [7, 11) is 0. The van der Waals surface area contributed by atoms with Crippen LogP contribution >= 0.6 is 0 Å². The molecule has 0 aliphatic rings. The fraction of sp³-hybridized carbons (Fsp3) is 0.875. The summed E-state index contributed by atoms with van der Waals surface area (Å²) in [6.45, 7) is 4.20. The van der Waals surface area contributed by atoms with E-state index >= 15 is 0 Å². The van der Waals surface area contributed by atoms with Crippen LogP contribution in [0.5, 0.6) is 0 Å². The number of carbonyl (C=O) groups is 1. The van der Waals surface area contributed by atoms with Crippen molar-refractivity contribution >= 4 is 5.97 Å². The SMILES string of the molecule is CCCCO[C@H](CN)OC(C)=O. The van der Waals surface area contributed by atoms with Crippen molar-refractivity contribution < 1.29 is 14.3 Å². The van der Waals surface area contributed by atoms with Crippen LogP contribution in [-0.2, 0) is 14.3 Å². The molecule has 0 spiro atoms. The first-order valence-electron chi connectivity index (χ1n) is 4.19. The van der Waals surface area contributed by atoms with Crippen LogP contribution in [0.2, 0.25) is 0 Å². The number of carbonyl (C=O) groups excluding carboxylic acids is 1. The molecule has 12 heavy (non-hydrogen) atoms. The van der Waals surface area contributed by atoms with Gasteiger partial charge < -0.3 is 15.2 Å². The third-order valence-corrected chi connectivity index (χ3v) is 1.29. The van der Waals surface area contributed by atoms with Crippen LogP contribution in [0.3, 0.4) is 0 Å². The molecule has 0 aliphatic carbocycles. The third kappa shape index (κ3) is 6.12. The Hall–Kier alpha value is -0.610. The van der Waals surface area contributed by atoms with Gasteiger partial charge in [-0.15, -0.1) is 0 Å². The number of unbranched alkanes of at least 4 members (excludes halogenated alkanes) is 1. The second kappa shape index (κ2) is 7.06. The van der Waals surface area contributed by atoms with E-state index in [0.29, 0.717) is 6.61 Å². The Bertz CT molecular complexity index is 127. The number of esters is 1. The minimum Gasteiger partial charge on any atom is -0.435 e. The molecule has 0 aromatic heterocycles. The van der Waals surface area contributed by atoms with Gasteiger partial charge in [-0.25, -0.2) is 0 Å². The highest BCUT2D eigenvalue weighted by Crippen LogP contribution is 1.96. The summed E-state index contributed by atoms with van der Waals surface area (Å²) in [4.78, 5) is 10.5. The van der Waals surface area contributed by atoms with Crippen LogP contribution in [-0.4, -0.2) is 25.4 Å². The Morgan fingerprint density at radius 2 is 2.25 bits per heavy atom. The van der Waals surface area contributed by atoms with Crippen LogP contribution in [0.1, 0.15) is 26.7 Å². The topological polar surface area (TPSA) is 61.6 Å². The van der Waals surface area contributed by atoms with Crippen LogP contribution in [0.15, 0.2) is 0 Å². The molecule has 4 nitrogen and oxygen atoms in total. The average molecular weight is 175 g/mol. The molecular weight excluding hydrogens is 158 g/mol. The number of ether oxygens (including phenoxy) is 2. The Labute approximate surface area is 73.0 Å². The lowest BCUT2D eigenvalue weighted by atomic mass is 10.4. The minimum absolute atomic E-state index is 0.212. The van der Waals surface area contributed by atoms with Crippen LogP contribution in [0.4, 0.5) is 0 Å². The lowest BCUT2D eigenvalue weighted by Gasteiger charge is -2.14. The molecule has 0 unspecified atom stereocenters. The van der Waals surface area contributed by atoms with Crippen LogP contribution in [0.25, 0.3) is 0 Å². The molecule has 0 rings (SSSR count). The van der Waals surface area contributed by atoms with Gasteiger partial charge in [0.2, 0.25) is 6.29 Å². The summed E-state index contributed by atoms with van der Waals surface area (Å²) in [5.74, 6) is -0.359. The van der Waals surface area contributed by atoms with Crippen molar-refractivity contribution in [2.45, 2.75) is 33.0 Å². The first-order valence-corrected chi connectivity index (χ1v) is 4.19. The van der Waals surface area contributed by atoms with Gasteiger partial charge >= 0.3 is 5.97 Å². The molecule has 0 aliphatic heterocycles. The number of nitrogens with two attached hydrogens (primary N) is 1. The molecule has 0 bridgehead atoms. The summed E-state index contributed by atoms with van der Waals surface area (Å²) in [5.41, 5.74) is 5.30. The molecule has 0 aromatic carbocycles. The van der Waals surface area contributed by atoms with Crippen molar-refractivity contribution in [3.63, 3.8) is 0 Å². The van der Waals surface area contributed by atoms with Gasteiger partial charge in [0.05, 0.1) is 13.2 Å². The Kier molecular flexibility index (Phi) is 6.70. The molecule has 0 saturated carbocycles. The second-order valence-electron chi connectivity index (χ2n) is 2.50. The van der Waals surface area contributed by atoms with Gasteiger partial charge in [-0.3, -0.25) is 4.79 Å². The van der Waals surface area contributed by atoms with E-state index in [1.807, 2.05) is 0 Å². The maximum Gasteiger partial charge on any atom is 0.304 e. The van der Waals surface area contributed by atoms with Gasteiger partial charge in [0.25, 0.3) is 0 Å². The van der Waals surface area contributed by atoms with Gasteiger partial charge in [-0.2, -0.15) is 0 Å². The molecule has 0 fully saturated rings. The van der Waals surface area contributed by atoms with Crippen molar-refractivity contribution in [3.8, 4) is 0 Å². The second-order valence-corrected chi connectivity index (χ2v) is 2.50. The van der Waals surface area contributed by atoms with E-state index < -0.39 is 6.29 Å². The maximum atomic E-state index is 10.5. The Morgan fingerprint density at radius 3 is 2.67 bits per heavy atom. The summed E-state index contributed by atoms with van der Waals surface area (Å²) < 4.78 is 9.93. The fourth-order valence-corrected chi connectivity index (χ4v) is 0.694. The van der Waals surface area contributed by atoms with Crippen molar-refractivity contribution in [1.29, 1.82) is 0 Å². The molecule has 0 radical (unpaired) electrons. The third-order valence-electron chi connectivity index (χ3n) is 1.29. The molecule has 72 valence electrons. The lowest BCUT2D eigenvalue weighted by molar-refractivity contribution is -0.174. The first kappa shape index (κ1) is 11.4. The zero-order chi connectivity index (χ0) is 9.40. The lowest BCUT2D eigenvalue weighted by Crippen LogP contribution is -2.28. The van der Waals surface area contributed by atoms with E-state index in [0.717, 1.165) is 12.8 Å². The quantitative estimate of drug-likeness (QED) is 0.366. The summed E-state index contributed by atoms with van der Waals surface area (Å²) in [6.07, 6.45) is 1.43. The van der Waals surface area contributed by atoms with E-state index in [4.69, 9.17) is 15.2 Å². The summed E-state index contributed by atoms with van der Waals surface area (Å²) in [6, 6.07) is 0. The number of rotatable bonds is 6. The smallest absolute Gasteiger partial charge is 0.304 e. The molecule has 1 atom stereocenters. The van der Waals surface area contributed by atoms with Gasteiger partial charge in [-0.1, -0.05) is 13.3 Å². The van der Waals surface area contributed by atoms with Gasteiger partial charge in [0.15, 0.2) is 0 Å². The van der Waals surface area contributed by atoms with E-state index in [-0.39, 0.29) is 12.5 Å². The van der Waals surface area contributed by atoms with E-state index in [9.17, 15) is 4.79 Å². The maximum absolute atomic E-state index is 10.5. The molecule has 0 heterocycles. The standard InChI is InChI=1S/C8H17NO3/c1-3-4-5-11-8(6-9)12-7(2)10/h8H,3-6,9H2,1-2H3/t8-/m0/s1. The normalized spacial score (nSPS) is 12.6. The van der Waals surface area contributed by atoms with Gasteiger partial charge in [0.1, 0.15) is 0 Å². The highest BCUT2D eigenvalue weighted by Gasteiger charge is 2.08. The zero-order valence-electron chi connectivity index (χ0n) is 7.71. The number of hydrogen-bond donors (Lipinski definition) is 1. The Morgan fingerprint density at radius 1 is 1.58 bits per heavy atom. The predicted molar refractivity (Wildman–Crippen MR) is 45.5 cm³/mol.